The molecule has 2 N–H and O–H groups in total. The molecule has 1 saturated heterocycles. The number of rotatable bonds is 5. The molecule has 0 aliphatic carbocycles. The molecule has 3 aromatic rings. The predicted octanol–water partition coefficient (Wildman–Crippen LogP) is 3.01. The summed E-state index contributed by atoms with van der Waals surface area (Å²) in [6, 6.07) is 10.0. The highest BCUT2D eigenvalue weighted by molar-refractivity contribution is 5.94. The number of pyridine rings is 3. The van der Waals surface area contributed by atoms with Crippen LogP contribution >= 0.6 is 0 Å². The van der Waals surface area contributed by atoms with Gasteiger partial charge in [-0.05, 0) is 36.4 Å². The van der Waals surface area contributed by atoms with E-state index >= 15 is 0 Å². The molecule has 4 rings (SSSR count). The third-order valence-corrected chi connectivity index (χ3v) is 4.73. The van der Waals surface area contributed by atoms with Crippen molar-refractivity contribution in [2.24, 2.45) is 0 Å². The molecule has 1 aliphatic rings. The number of morpholine rings is 1. The van der Waals surface area contributed by atoms with Gasteiger partial charge < -0.3 is 20.3 Å². The van der Waals surface area contributed by atoms with E-state index in [1.54, 1.807) is 42.5 Å². The number of nitrogens with one attached hydrogen (secondary N) is 2. The van der Waals surface area contributed by atoms with Gasteiger partial charge in [-0.25, -0.2) is 14.4 Å². The topological polar surface area (TPSA) is 92.3 Å². The second-order valence-electron chi connectivity index (χ2n) is 6.75. The minimum atomic E-state index is -0.392. The summed E-state index contributed by atoms with van der Waals surface area (Å²) < 4.78 is 18.8. The van der Waals surface area contributed by atoms with Gasteiger partial charge >= 0.3 is 0 Å². The fraction of sp³-hybridized carbons (Fsp3) is 0.238. The van der Waals surface area contributed by atoms with Gasteiger partial charge in [0, 0.05) is 25.4 Å². The fourth-order valence-corrected chi connectivity index (χ4v) is 3.16. The summed E-state index contributed by atoms with van der Waals surface area (Å²) in [7, 11) is 1.76. The number of carbonyl (C=O) groups excluding carboxylic acids is 1. The molecule has 3 aromatic heterocycles. The summed E-state index contributed by atoms with van der Waals surface area (Å²) in [5, 5.41) is 6.00. The lowest BCUT2D eigenvalue weighted by atomic mass is 10.1. The van der Waals surface area contributed by atoms with Crippen molar-refractivity contribution in [3.8, 4) is 0 Å². The maximum Gasteiger partial charge on any atom is 0.254 e. The van der Waals surface area contributed by atoms with Crippen LogP contribution in [0.5, 0.6) is 0 Å². The van der Waals surface area contributed by atoms with E-state index in [1.807, 2.05) is 12.1 Å². The van der Waals surface area contributed by atoms with Crippen LogP contribution in [0.2, 0.25) is 0 Å². The van der Waals surface area contributed by atoms with Gasteiger partial charge in [0.2, 0.25) is 0 Å². The third-order valence-electron chi connectivity index (χ3n) is 4.73. The molecule has 8 nitrogen and oxygen atoms in total. The third kappa shape index (κ3) is 4.52. The number of aromatic nitrogens is 3. The quantitative estimate of drug-likeness (QED) is 0.670. The SMILES string of the molecule is CNc1cc(C(=O)N2CCO[C@H](c3ccc(Nc4ccc(F)cn4)cn3)C2)ccn1. The molecule has 1 fully saturated rings. The number of hydrogen-bond donors (Lipinski definition) is 2. The molecule has 0 unspecified atom stereocenters. The first-order valence-electron chi connectivity index (χ1n) is 9.51. The normalized spacial score (nSPS) is 16.2. The van der Waals surface area contributed by atoms with E-state index in [0.717, 1.165) is 17.6 Å². The van der Waals surface area contributed by atoms with Crippen molar-refractivity contribution >= 4 is 23.2 Å². The second-order valence-corrected chi connectivity index (χ2v) is 6.75. The molecule has 30 heavy (non-hydrogen) atoms. The Kier molecular flexibility index (Phi) is 5.80. The second kappa shape index (κ2) is 8.83. The Morgan fingerprint density at radius 3 is 2.77 bits per heavy atom. The summed E-state index contributed by atoms with van der Waals surface area (Å²) in [4.78, 5) is 27.2. The first-order valence-corrected chi connectivity index (χ1v) is 9.51. The molecule has 1 amide bonds. The van der Waals surface area contributed by atoms with E-state index in [1.165, 1.54) is 6.07 Å². The summed E-state index contributed by atoms with van der Waals surface area (Å²) in [5.74, 6) is 0.709. The molecule has 0 radical (unpaired) electrons. The Bertz CT molecular complexity index is 1010. The molecular weight excluding hydrogens is 387 g/mol. The predicted molar refractivity (Wildman–Crippen MR) is 110 cm³/mol. The highest BCUT2D eigenvalue weighted by atomic mass is 19.1. The van der Waals surface area contributed by atoms with Crippen molar-refractivity contribution in [1.29, 1.82) is 0 Å². The first-order chi connectivity index (χ1) is 14.6. The van der Waals surface area contributed by atoms with Crippen molar-refractivity contribution < 1.29 is 13.9 Å². The molecule has 0 spiro atoms. The number of ether oxygens (including phenoxy) is 1. The van der Waals surface area contributed by atoms with Crippen LogP contribution in [0.1, 0.15) is 22.2 Å². The van der Waals surface area contributed by atoms with Crippen LogP contribution < -0.4 is 10.6 Å². The number of carbonyl (C=O) groups is 1. The Morgan fingerprint density at radius 1 is 1.13 bits per heavy atom. The maximum atomic E-state index is 13.0. The van der Waals surface area contributed by atoms with E-state index in [4.69, 9.17) is 4.74 Å². The first kappa shape index (κ1) is 19.7. The average Bonchev–Trinajstić information content (AvgIpc) is 2.81. The van der Waals surface area contributed by atoms with Gasteiger partial charge in [-0.1, -0.05) is 0 Å². The molecule has 0 aromatic carbocycles. The number of amides is 1. The van der Waals surface area contributed by atoms with Gasteiger partial charge in [-0.15, -0.1) is 0 Å². The molecule has 1 aliphatic heterocycles. The van der Waals surface area contributed by atoms with Gasteiger partial charge in [0.05, 0.1) is 36.9 Å². The number of hydrogen-bond acceptors (Lipinski definition) is 7. The Balaban J connectivity index is 1.42. The standard InChI is InChI=1S/C21H21FN6O2/c1-23-20-10-14(6-7-24-20)21(29)28-8-9-30-18(13-28)17-4-3-16(12-25-17)27-19-5-2-15(22)11-26-19/h2-7,10-12,18H,8-9,13H2,1H3,(H,23,24)(H,26,27)/t18-/m0/s1. The summed E-state index contributed by atoms with van der Waals surface area (Å²) in [6.07, 6.45) is 4.10. The van der Waals surface area contributed by atoms with Gasteiger partial charge in [-0.2, -0.15) is 0 Å². The van der Waals surface area contributed by atoms with Crippen molar-refractivity contribution in [3.05, 3.63) is 72.1 Å². The fourth-order valence-electron chi connectivity index (χ4n) is 3.16. The van der Waals surface area contributed by atoms with Gasteiger partial charge in [0.15, 0.2) is 0 Å². The highest BCUT2D eigenvalue weighted by Gasteiger charge is 2.27. The lowest BCUT2D eigenvalue weighted by Crippen LogP contribution is -2.42. The van der Waals surface area contributed by atoms with Crippen LogP contribution in [0, 0.1) is 5.82 Å². The van der Waals surface area contributed by atoms with Gasteiger partial charge in [0.25, 0.3) is 5.91 Å². The molecule has 1 atom stereocenters. The number of halogens is 1. The maximum absolute atomic E-state index is 13.0. The summed E-state index contributed by atoms with van der Waals surface area (Å²) in [5.41, 5.74) is 2.03. The molecule has 154 valence electrons. The van der Waals surface area contributed by atoms with Crippen LogP contribution in [0.15, 0.2) is 55.0 Å². The van der Waals surface area contributed by atoms with E-state index in [2.05, 4.69) is 25.6 Å². The van der Waals surface area contributed by atoms with Crippen molar-refractivity contribution in [2.75, 3.05) is 37.4 Å². The molecule has 0 saturated carbocycles. The largest absolute Gasteiger partial charge is 0.373 e. The minimum absolute atomic E-state index is 0.0668. The Morgan fingerprint density at radius 2 is 2.03 bits per heavy atom. The van der Waals surface area contributed by atoms with Crippen LogP contribution in [0.25, 0.3) is 0 Å². The van der Waals surface area contributed by atoms with Crippen LogP contribution in [0.4, 0.5) is 21.7 Å². The van der Waals surface area contributed by atoms with E-state index in [0.29, 0.717) is 36.9 Å². The van der Waals surface area contributed by atoms with Gasteiger partial charge in [-0.3, -0.25) is 9.78 Å². The van der Waals surface area contributed by atoms with E-state index < -0.39 is 5.82 Å². The summed E-state index contributed by atoms with van der Waals surface area (Å²) in [6.45, 7) is 1.36. The monoisotopic (exact) mass is 408 g/mol. The number of anilines is 3. The summed E-state index contributed by atoms with van der Waals surface area (Å²) >= 11 is 0. The zero-order chi connectivity index (χ0) is 20.9. The zero-order valence-corrected chi connectivity index (χ0v) is 16.4. The Labute approximate surface area is 173 Å². The molecule has 0 bridgehead atoms. The van der Waals surface area contributed by atoms with Crippen molar-refractivity contribution in [3.63, 3.8) is 0 Å². The lowest BCUT2D eigenvalue weighted by molar-refractivity contribution is -0.0247. The molecular formula is C21H21FN6O2. The molecule has 4 heterocycles. The van der Waals surface area contributed by atoms with Crippen molar-refractivity contribution in [1.82, 2.24) is 19.9 Å². The lowest BCUT2D eigenvalue weighted by Gasteiger charge is -2.32. The Hall–Kier alpha value is -3.59. The molecule has 9 heteroatoms. The van der Waals surface area contributed by atoms with Gasteiger partial charge in [0.1, 0.15) is 23.6 Å². The van der Waals surface area contributed by atoms with Crippen LogP contribution in [-0.4, -0.2) is 52.5 Å². The van der Waals surface area contributed by atoms with Crippen molar-refractivity contribution in [2.45, 2.75) is 6.10 Å². The van der Waals surface area contributed by atoms with Crippen LogP contribution in [-0.2, 0) is 4.74 Å². The van der Waals surface area contributed by atoms with Crippen LogP contribution in [0.3, 0.4) is 0 Å². The smallest absolute Gasteiger partial charge is 0.254 e. The average molecular weight is 408 g/mol. The number of nitrogens with zero attached hydrogens (tertiary/aromatic N) is 4. The van der Waals surface area contributed by atoms with E-state index in [-0.39, 0.29) is 12.0 Å². The highest BCUT2D eigenvalue weighted by Crippen LogP contribution is 2.24. The minimum Gasteiger partial charge on any atom is -0.373 e. The zero-order valence-electron chi connectivity index (χ0n) is 16.4. The van der Waals surface area contributed by atoms with E-state index in [9.17, 15) is 9.18 Å².